The van der Waals surface area contributed by atoms with Crippen LogP contribution in [0.4, 0.5) is 17.1 Å². The Morgan fingerprint density at radius 1 is 0.818 bits per heavy atom. The first kappa shape index (κ1) is 30.6. The van der Waals surface area contributed by atoms with E-state index >= 15 is 0 Å². The molecule has 0 amide bonds. The molecule has 0 saturated heterocycles. The molecule has 1 aliphatic heterocycles. The number of fused-ring (bicyclic) bond motifs is 1. The Hall–Kier alpha value is -4.82. The van der Waals surface area contributed by atoms with Crippen molar-refractivity contribution in [2.75, 3.05) is 29.9 Å². The second kappa shape index (κ2) is 15.1. The van der Waals surface area contributed by atoms with Crippen LogP contribution in [-0.2, 0) is 6.42 Å². The lowest BCUT2D eigenvalue weighted by atomic mass is 9.97. The maximum absolute atomic E-state index is 4.22. The van der Waals surface area contributed by atoms with Gasteiger partial charge in [0, 0.05) is 48.3 Å². The van der Waals surface area contributed by atoms with Crippen molar-refractivity contribution in [1.29, 1.82) is 0 Å². The van der Waals surface area contributed by atoms with Crippen molar-refractivity contribution in [3.05, 3.63) is 163 Å². The Bertz CT molecular complexity index is 1680. The molecule has 0 spiro atoms. The minimum Gasteiger partial charge on any atom is -0.363 e. The molecule has 0 radical (unpaired) electrons. The van der Waals surface area contributed by atoms with E-state index in [9.17, 15) is 0 Å². The first-order valence-corrected chi connectivity index (χ1v) is 15.7. The lowest BCUT2D eigenvalue weighted by Crippen LogP contribution is -2.26. The maximum Gasteiger partial charge on any atom is 0.0487 e. The molecule has 44 heavy (non-hydrogen) atoms. The lowest BCUT2D eigenvalue weighted by molar-refractivity contribution is 0.944. The van der Waals surface area contributed by atoms with Crippen molar-refractivity contribution in [3.63, 3.8) is 0 Å². The van der Waals surface area contributed by atoms with Gasteiger partial charge in [0.2, 0.25) is 0 Å². The predicted molar refractivity (Wildman–Crippen MR) is 194 cm³/mol. The summed E-state index contributed by atoms with van der Waals surface area (Å²) in [5.41, 5.74) is 12.2. The van der Waals surface area contributed by atoms with Crippen LogP contribution in [0.5, 0.6) is 0 Å². The Balaban J connectivity index is 1.48. The molecule has 0 N–H and O–H groups in total. The van der Waals surface area contributed by atoms with Gasteiger partial charge >= 0.3 is 0 Å². The minimum absolute atomic E-state index is 0.829. The summed E-state index contributed by atoms with van der Waals surface area (Å²) < 4.78 is 0. The van der Waals surface area contributed by atoms with E-state index < -0.39 is 0 Å². The second-order valence-electron chi connectivity index (χ2n) is 11.4. The topological polar surface area (TPSA) is 6.48 Å². The van der Waals surface area contributed by atoms with Crippen LogP contribution < -0.4 is 9.80 Å². The molecule has 0 unspecified atom stereocenters. The predicted octanol–water partition coefficient (Wildman–Crippen LogP) is 11.1. The van der Waals surface area contributed by atoms with E-state index in [1.165, 1.54) is 39.2 Å². The number of hydrogen-bond donors (Lipinski definition) is 0. The maximum atomic E-state index is 4.22. The SMILES string of the molecule is C=C(C)c1ccccc1N(C)c1ccccc1-c1ccc(/C(=C/C=C\CC)CN2C/C=C\C/C=C\Cc3ccccc32)cc1. The zero-order chi connectivity index (χ0) is 30.7. The summed E-state index contributed by atoms with van der Waals surface area (Å²) in [6, 6.07) is 35.1. The van der Waals surface area contributed by atoms with Crippen molar-refractivity contribution >= 4 is 28.2 Å². The molecular formula is C42H44N2. The fourth-order valence-electron chi connectivity index (χ4n) is 5.82. The second-order valence-corrected chi connectivity index (χ2v) is 11.4. The molecule has 2 nitrogen and oxygen atoms in total. The number of para-hydroxylation sites is 3. The molecule has 0 aromatic heterocycles. The summed E-state index contributed by atoms with van der Waals surface area (Å²) in [5.74, 6) is 0. The van der Waals surface area contributed by atoms with Crippen LogP contribution in [0.3, 0.4) is 0 Å². The third kappa shape index (κ3) is 7.38. The Morgan fingerprint density at radius 2 is 1.52 bits per heavy atom. The van der Waals surface area contributed by atoms with Gasteiger partial charge in [0.05, 0.1) is 0 Å². The number of rotatable bonds is 9. The van der Waals surface area contributed by atoms with Gasteiger partial charge in [0.25, 0.3) is 0 Å². The van der Waals surface area contributed by atoms with E-state index in [1.54, 1.807) is 0 Å². The lowest BCUT2D eigenvalue weighted by Gasteiger charge is -2.28. The van der Waals surface area contributed by atoms with E-state index in [2.05, 4.69) is 177 Å². The molecule has 0 bridgehead atoms. The molecule has 0 saturated carbocycles. The van der Waals surface area contributed by atoms with Crippen LogP contribution in [0.15, 0.2) is 146 Å². The van der Waals surface area contributed by atoms with Crippen LogP contribution in [0.25, 0.3) is 22.3 Å². The molecule has 1 aliphatic rings. The number of hydrogen-bond acceptors (Lipinski definition) is 2. The van der Waals surface area contributed by atoms with Gasteiger partial charge in [-0.25, -0.2) is 0 Å². The van der Waals surface area contributed by atoms with Gasteiger partial charge in [0.15, 0.2) is 0 Å². The third-order valence-electron chi connectivity index (χ3n) is 8.19. The van der Waals surface area contributed by atoms with Crippen molar-refractivity contribution < 1.29 is 0 Å². The smallest absolute Gasteiger partial charge is 0.0487 e. The molecule has 1 heterocycles. The van der Waals surface area contributed by atoms with Gasteiger partial charge in [-0.05, 0) is 72.2 Å². The highest BCUT2D eigenvalue weighted by Gasteiger charge is 2.16. The minimum atomic E-state index is 0.829. The van der Waals surface area contributed by atoms with Gasteiger partial charge in [-0.15, -0.1) is 0 Å². The Morgan fingerprint density at radius 3 is 2.32 bits per heavy atom. The molecule has 222 valence electrons. The number of allylic oxidation sites excluding steroid dienone is 7. The van der Waals surface area contributed by atoms with Crippen molar-refractivity contribution in [3.8, 4) is 11.1 Å². The van der Waals surface area contributed by atoms with Crippen LogP contribution >= 0.6 is 0 Å². The normalized spacial score (nSPS) is 15.1. The average molecular weight is 577 g/mol. The third-order valence-corrected chi connectivity index (χ3v) is 8.19. The van der Waals surface area contributed by atoms with E-state index in [0.29, 0.717) is 0 Å². The fraction of sp³-hybridized carbons (Fsp3) is 0.190. The average Bonchev–Trinajstić information content (AvgIpc) is 3.07. The zero-order valence-corrected chi connectivity index (χ0v) is 26.4. The van der Waals surface area contributed by atoms with Gasteiger partial charge in [-0.2, -0.15) is 0 Å². The highest BCUT2D eigenvalue weighted by atomic mass is 15.1. The molecular weight excluding hydrogens is 532 g/mol. The Labute approximate surface area is 264 Å². The first-order valence-electron chi connectivity index (χ1n) is 15.7. The number of nitrogens with zero attached hydrogens (tertiary/aromatic N) is 2. The summed E-state index contributed by atoms with van der Waals surface area (Å²) in [5, 5.41) is 0. The standard InChI is InChI=1S/C42H44N2/c1-5-6-10-21-37(32-44-31-18-9-7-8-11-19-36-20-12-15-24-40(36)44)34-27-29-35(30-28-34)39-23-14-17-26-42(39)43(4)41-25-16-13-22-38(41)33(2)3/h6,8-18,20-30H,2,5,7,19,31-32H2,1,3-4H3/b10-6-,11-8-,18-9-,37-21+. The molecule has 0 aliphatic carbocycles. The summed E-state index contributed by atoms with van der Waals surface area (Å²) in [7, 11) is 2.14. The number of anilines is 3. The molecule has 4 aromatic carbocycles. The number of benzene rings is 4. The highest BCUT2D eigenvalue weighted by Crippen LogP contribution is 2.37. The quantitative estimate of drug-likeness (QED) is 0.144. The van der Waals surface area contributed by atoms with Crippen molar-refractivity contribution in [2.45, 2.75) is 33.1 Å². The van der Waals surface area contributed by atoms with Crippen LogP contribution in [-0.4, -0.2) is 20.1 Å². The summed E-state index contributed by atoms with van der Waals surface area (Å²) in [6.07, 6.45) is 18.8. The Kier molecular flexibility index (Phi) is 10.5. The molecule has 0 fully saturated rings. The van der Waals surface area contributed by atoms with E-state index in [0.717, 1.165) is 49.2 Å². The van der Waals surface area contributed by atoms with Gasteiger partial charge < -0.3 is 9.80 Å². The summed E-state index contributed by atoms with van der Waals surface area (Å²) in [6.45, 7) is 10.2. The molecule has 4 aromatic rings. The van der Waals surface area contributed by atoms with Gasteiger partial charge in [-0.1, -0.05) is 135 Å². The van der Waals surface area contributed by atoms with Gasteiger partial charge in [-0.3, -0.25) is 0 Å². The molecule has 2 heteroatoms. The van der Waals surface area contributed by atoms with Gasteiger partial charge in [0.1, 0.15) is 0 Å². The van der Waals surface area contributed by atoms with Crippen molar-refractivity contribution in [2.24, 2.45) is 0 Å². The summed E-state index contributed by atoms with van der Waals surface area (Å²) >= 11 is 0. The van der Waals surface area contributed by atoms with Crippen LogP contribution in [0.2, 0.25) is 0 Å². The van der Waals surface area contributed by atoms with Crippen molar-refractivity contribution in [1.82, 2.24) is 0 Å². The van der Waals surface area contributed by atoms with E-state index in [-0.39, 0.29) is 0 Å². The fourth-order valence-corrected chi connectivity index (χ4v) is 5.82. The van der Waals surface area contributed by atoms with E-state index in [1.807, 2.05) is 0 Å². The van der Waals surface area contributed by atoms with E-state index in [4.69, 9.17) is 0 Å². The highest BCUT2D eigenvalue weighted by molar-refractivity contribution is 5.86. The largest absolute Gasteiger partial charge is 0.363 e. The summed E-state index contributed by atoms with van der Waals surface area (Å²) in [4.78, 5) is 4.79. The molecule has 5 rings (SSSR count). The monoisotopic (exact) mass is 576 g/mol. The van der Waals surface area contributed by atoms with Crippen LogP contribution in [0.1, 0.15) is 43.4 Å². The molecule has 0 atom stereocenters. The zero-order valence-electron chi connectivity index (χ0n) is 26.4. The first-order chi connectivity index (χ1) is 21.6. The van der Waals surface area contributed by atoms with Crippen LogP contribution in [0, 0.1) is 0 Å².